The Morgan fingerprint density at radius 2 is 1.34 bits per heavy atom. The van der Waals surface area contributed by atoms with Gasteiger partial charge in [-0.1, -0.05) is 0 Å². The van der Waals surface area contributed by atoms with E-state index >= 15 is 0 Å². The van der Waals surface area contributed by atoms with E-state index in [-0.39, 0.29) is 24.3 Å². The summed E-state index contributed by atoms with van der Waals surface area (Å²) >= 11 is 10.3. The average molecular weight is 969 g/mol. The standard InChI is InChI=1S/C28H33Br2I2N3O9/c1-12(36)21(25(40)33-20(26(41)43-5)11-13-6-15(29)22(37)16(30)7-13)35-24(39)19(34-27(42)44-28(2,3)4)10-14-8-17(31)23(38)18(32)9-14/h6-9,12,19-21,36-38H,10-11H2,1-5H3,(H,33,40)(H,34,42)(H,35,39)/t12-,19-,20-,21-/m0/s1. The second-order valence-corrected chi connectivity index (χ2v) is 14.8. The molecule has 0 aliphatic carbocycles. The third kappa shape index (κ3) is 11.5. The number of nitrogens with one attached hydrogen (secondary N) is 3. The maximum atomic E-state index is 13.5. The van der Waals surface area contributed by atoms with Crippen molar-refractivity contribution in [3.05, 3.63) is 51.5 Å². The number of rotatable bonds is 11. The van der Waals surface area contributed by atoms with Gasteiger partial charge in [-0.2, -0.15) is 0 Å². The van der Waals surface area contributed by atoms with Gasteiger partial charge in [-0.3, -0.25) is 9.59 Å². The molecule has 0 saturated heterocycles. The lowest BCUT2D eigenvalue weighted by atomic mass is 10.0. The Hall–Kier alpha value is -1.90. The average Bonchev–Trinajstić information content (AvgIpc) is 2.90. The quantitative estimate of drug-likeness (QED) is 0.143. The van der Waals surface area contributed by atoms with Crippen LogP contribution in [0.4, 0.5) is 4.79 Å². The summed E-state index contributed by atoms with van der Waals surface area (Å²) in [4.78, 5) is 52.1. The van der Waals surface area contributed by atoms with Crippen LogP contribution in [0, 0.1) is 7.14 Å². The second kappa shape index (κ2) is 16.6. The fourth-order valence-corrected chi connectivity index (χ4v) is 7.04. The van der Waals surface area contributed by atoms with Gasteiger partial charge in [0.05, 0.1) is 29.3 Å². The number of carbonyl (C=O) groups excluding carboxylic acids is 4. The molecule has 2 aromatic carbocycles. The summed E-state index contributed by atoms with van der Waals surface area (Å²) < 4.78 is 11.9. The summed E-state index contributed by atoms with van der Waals surface area (Å²) in [6.45, 7) is 6.27. The third-order valence-corrected chi connectivity index (χ3v) is 8.76. The predicted molar refractivity (Wildman–Crippen MR) is 185 cm³/mol. The molecule has 44 heavy (non-hydrogen) atoms. The Balaban J connectivity index is 2.33. The number of ether oxygens (including phenoxy) is 2. The number of aliphatic hydroxyl groups excluding tert-OH is 1. The summed E-state index contributed by atoms with van der Waals surface area (Å²) in [5.74, 6) is -2.44. The first-order valence-electron chi connectivity index (χ1n) is 13.0. The molecule has 3 amide bonds. The number of hydrogen-bond acceptors (Lipinski definition) is 9. The van der Waals surface area contributed by atoms with Crippen LogP contribution in [0.1, 0.15) is 38.8 Å². The van der Waals surface area contributed by atoms with Crippen molar-refractivity contribution in [1.29, 1.82) is 0 Å². The molecular formula is C28H33Br2I2N3O9. The first-order valence-corrected chi connectivity index (χ1v) is 16.8. The number of aliphatic hydroxyl groups is 1. The monoisotopic (exact) mass is 967 g/mol. The van der Waals surface area contributed by atoms with Gasteiger partial charge in [0.25, 0.3) is 0 Å². The van der Waals surface area contributed by atoms with Gasteiger partial charge in [0.2, 0.25) is 11.8 Å². The van der Waals surface area contributed by atoms with Crippen molar-refractivity contribution in [2.24, 2.45) is 0 Å². The molecule has 0 heterocycles. The van der Waals surface area contributed by atoms with Crippen LogP contribution in [-0.2, 0) is 36.7 Å². The van der Waals surface area contributed by atoms with Crippen LogP contribution in [0.3, 0.4) is 0 Å². The highest BCUT2D eigenvalue weighted by molar-refractivity contribution is 14.1. The summed E-state index contributed by atoms with van der Waals surface area (Å²) in [7, 11) is 1.15. The van der Waals surface area contributed by atoms with E-state index in [1.165, 1.54) is 6.92 Å². The van der Waals surface area contributed by atoms with Gasteiger partial charge in [-0.05, 0) is 140 Å². The normalized spacial score (nSPS) is 14.0. The summed E-state index contributed by atoms with van der Waals surface area (Å²) in [6, 6.07) is 2.42. The van der Waals surface area contributed by atoms with Crippen molar-refractivity contribution in [2.45, 2.75) is 70.4 Å². The highest BCUT2D eigenvalue weighted by Gasteiger charge is 2.33. The molecule has 0 saturated carbocycles. The number of alkyl carbamates (subject to hydrolysis) is 1. The van der Waals surface area contributed by atoms with Crippen molar-refractivity contribution in [3.63, 3.8) is 0 Å². The minimum absolute atomic E-state index is 0.0408. The van der Waals surface area contributed by atoms with Crippen LogP contribution in [0.25, 0.3) is 0 Å². The number of esters is 1. The Bertz CT molecular complexity index is 1360. The van der Waals surface area contributed by atoms with E-state index in [4.69, 9.17) is 9.47 Å². The lowest BCUT2D eigenvalue weighted by molar-refractivity contribution is -0.145. The molecule has 0 aliphatic rings. The smallest absolute Gasteiger partial charge is 0.408 e. The Kier molecular flexibility index (Phi) is 14.4. The number of carbonyl (C=O) groups is 4. The zero-order valence-corrected chi connectivity index (χ0v) is 31.8. The van der Waals surface area contributed by atoms with Gasteiger partial charge >= 0.3 is 12.1 Å². The largest absolute Gasteiger partial charge is 0.506 e. The molecule has 242 valence electrons. The van der Waals surface area contributed by atoms with Crippen LogP contribution in [0.2, 0.25) is 0 Å². The highest BCUT2D eigenvalue weighted by Crippen LogP contribution is 2.34. The summed E-state index contributed by atoms with van der Waals surface area (Å²) in [5, 5.41) is 38.1. The van der Waals surface area contributed by atoms with Crippen LogP contribution >= 0.6 is 77.0 Å². The van der Waals surface area contributed by atoms with Crippen LogP contribution in [0.5, 0.6) is 11.5 Å². The minimum Gasteiger partial charge on any atom is -0.506 e. The fraction of sp³-hybridized carbons (Fsp3) is 0.429. The predicted octanol–water partition coefficient (Wildman–Crippen LogP) is 4.03. The van der Waals surface area contributed by atoms with Gasteiger partial charge in [0, 0.05) is 12.8 Å². The number of benzene rings is 2. The summed E-state index contributed by atoms with van der Waals surface area (Å²) in [5.41, 5.74) is 0.291. The topological polar surface area (TPSA) is 184 Å². The Labute approximate surface area is 298 Å². The zero-order chi connectivity index (χ0) is 33.5. The van der Waals surface area contributed by atoms with Crippen molar-refractivity contribution in [3.8, 4) is 11.5 Å². The fourth-order valence-electron chi connectivity index (χ4n) is 3.86. The van der Waals surface area contributed by atoms with Crippen LogP contribution in [-0.4, -0.2) is 76.1 Å². The molecule has 12 nitrogen and oxygen atoms in total. The molecule has 0 bridgehead atoms. The van der Waals surface area contributed by atoms with E-state index in [1.54, 1.807) is 45.0 Å². The van der Waals surface area contributed by atoms with Crippen LogP contribution in [0.15, 0.2) is 33.2 Å². The van der Waals surface area contributed by atoms with Crippen molar-refractivity contribution < 1.29 is 44.0 Å². The third-order valence-electron chi connectivity index (χ3n) is 5.91. The molecule has 0 radical (unpaired) electrons. The first kappa shape index (κ1) is 38.3. The number of halogens is 4. The van der Waals surface area contributed by atoms with Gasteiger partial charge in [-0.15, -0.1) is 0 Å². The van der Waals surface area contributed by atoms with E-state index in [2.05, 4.69) is 47.8 Å². The van der Waals surface area contributed by atoms with E-state index in [9.17, 15) is 34.5 Å². The number of methoxy groups -OCH3 is 1. The lowest BCUT2D eigenvalue weighted by Crippen LogP contribution is -2.59. The van der Waals surface area contributed by atoms with Gasteiger partial charge in [-0.25, -0.2) is 9.59 Å². The van der Waals surface area contributed by atoms with Crippen molar-refractivity contribution >= 4 is 101 Å². The number of aromatic hydroxyl groups is 2. The molecule has 6 N–H and O–H groups in total. The highest BCUT2D eigenvalue weighted by atomic mass is 127. The van der Waals surface area contributed by atoms with E-state index in [1.807, 2.05) is 45.2 Å². The molecule has 2 rings (SSSR count). The molecule has 16 heteroatoms. The van der Waals surface area contributed by atoms with Crippen molar-refractivity contribution in [1.82, 2.24) is 16.0 Å². The van der Waals surface area contributed by atoms with Gasteiger partial charge in [0.1, 0.15) is 35.2 Å². The maximum Gasteiger partial charge on any atom is 0.408 e. The molecule has 0 spiro atoms. The molecule has 0 aromatic heterocycles. The van der Waals surface area contributed by atoms with E-state index in [0.29, 0.717) is 27.2 Å². The summed E-state index contributed by atoms with van der Waals surface area (Å²) in [6.07, 6.45) is -2.37. The van der Waals surface area contributed by atoms with E-state index < -0.39 is 53.7 Å². The second-order valence-electron chi connectivity index (χ2n) is 10.7. The maximum absolute atomic E-state index is 13.5. The number of phenols is 2. The number of amides is 3. The number of phenolic OH excluding ortho intramolecular Hbond substituents is 2. The van der Waals surface area contributed by atoms with E-state index in [0.717, 1.165) is 7.11 Å². The van der Waals surface area contributed by atoms with Gasteiger partial charge in [0.15, 0.2) is 0 Å². The lowest BCUT2D eigenvalue weighted by Gasteiger charge is -2.27. The molecule has 0 fully saturated rings. The SMILES string of the molecule is COC(=O)[C@H](Cc1cc(Br)c(O)c(Br)c1)NC(=O)[C@@H](NC(=O)[C@H](Cc1cc(I)c(O)c(I)c1)NC(=O)OC(C)(C)C)[C@H](C)O. The minimum atomic E-state index is -1.53. The molecule has 0 aliphatic heterocycles. The molecular weight excluding hydrogens is 936 g/mol. The Morgan fingerprint density at radius 1 is 0.841 bits per heavy atom. The van der Waals surface area contributed by atoms with Crippen molar-refractivity contribution in [2.75, 3.05) is 7.11 Å². The molecule has 0 unspecified atom stereocenters. The Morgan fingerprint density at radius 3 is 1.82 bits per heavy atom. The first-order chi connectivity index (χ1) is 20.3. The zero-order valence-electron chi connectivity index (χ0n) is 24.3. The van der Waals surface area contributed by atoms with Crippen LogP contribution < -0.4 is 16.0 Å². The molecule has 4 atom stereocenters. The number of hydrogen-bond donors (Lipinski definition) is 6. The van der Waals surface area contributed by atoms with Gasteiger partial charge < -0.3 is 40.7 Å². The molecule has 2 aromatic rings.